The van der Waals surface area contributed by atoms with Crippen LogP contribution < -0.4 is 4.72 Å². The molecule has 0 saturated carbocycles. The number of benzene rings is 3. The van der Waals surface area contributed by atoms with E-state index in [1.165, 1.54) is 12.1 Å². The molecule has 1 heterocycles. The molecule has 0 fully saturated rings. The first-order chi connectivity index (χ1) is 14.3. The maximum Gasteiger partial charge on any atom is 0.307 e. The molecule has 0 unspecified atom stereocenters. The van der Waals surface area contributed by atoms with Crippen molar-refractivity contribution in [2.75, 3.05) is 4.72 Å². The molecule has 0 amide bonds. The molecule has 152 valence electrons. The van der Waals surface area contributed by atoms with Gasteiger partial charge in [-0.2, -0.15) is 0 Å². The standard InChI is InChI=1S/C22H17ClN2O4S/c23-18-11-10-14(12-20(18)25-30(28,29)15-6-2-1-3-7-15)22-17(13-21(26)27)16-8-4-5-9-19(16)24-22/h1-12,24-25H,13H2,(H,26,27). The van der Waals surface area contributed by atoms with Gasteiger partial charge in [0.05, 0.1) is 27.7 Å². The van der Waals surface area contributed by atoms with Gasteiger partial charge >= 0.3 is 5.97 Å². The van der Waals surface area contributed by atoms with Crippen LogP contribution in [0.2, 0.25) is 5.02 Å². The number of rotatable bonds is 6. The highest BCUT2D eigenvalue weighted by atomic mass is 35.5. The van der Waals surface area contributed by atoms with Crippen LogP contribution in [-0.2, 0) is 21.2 Å². The van der Waals surface area contributed by atoms with Crippen molar-refractivity contribution in [3.8, 4) is 11.3 Å². The van der Waals surface area contributed by atoms with E-state index in [9.17, 15) is 18.3 Å². The van der Waals surface area contributed by atoms with Crippen LogP contribution in [0.15, 0.2) is 77.7 Å². The number of H-pyrrole nitrogens is 1. The Balaban J connectivity index is 1.80. The summed E-state index contributed by atoms with van der Waals surface area (Å²) in [6, 6.07) is 20.3. The monoisotopic (exact) mass is 440 g/mol. The lowest BCUT2D eigenvalue weighted by molar-refractivity contribution is -0.136. The van der Waals surface area contributed by atoms with Crippen molar-refractivity contribution in [3.63, 3.8) is 0 Å². The van der Waals surface area contributed by atoms with Crippen LogP contribution in [0.4, 0.5) is 5.69 Å². The van der Waals surface area contributed by atoms with Crippen molar-refractivity contribution in [3.05, 3.63) is 83.4 Å². The lowest BCUT2D eigenvalue weighted by atomic mass is 10.0. The van der Waals surface area contributed by atoms with Gasteiger partial charge in [0.15, 0.2) is 0 Å². The molecule has 0 aliphatic carbocycles. The van der Waals surface area contributed by atoms with Crippen LogP contribution in [-0.4, -0.2) is 24.5 Å². The molecular formula is C22H17ClN2O4S. The summed E-state index contributed by atoms with van der Waals surface area (Å²) in [5, 5.41) is 10.4. The van der Waals surface area contributed by atoms with Gasteiger partial charge in [-0.25, -0.2) is 8.42 Å². The smallest absolute Gasteiger partial charge is 0.307 e. The molecule has 8 heteroatoms. The molecule has 0 aliphatic rings. The topological polar surface area (TPSA) is 99.3 Å². The molecule has 0 saturated heterocycles. The zero-order valence-corrected chi connectivity index (χ0v) is 17.2. The maximum atomic E-state index is 12.7. The van der Waals surface area contributed by atoms with Gasteiger partial charge in [-0.3, -0.25) is 9.52 Å². The van der Waals surface area contributed by atoms with E-state index in [-0.39, 0.29) is 22.0 Å². The first-order valence-corrected chi connectivity index (χ1v) is 10.9. The van der Waals surface area contributed by atoms with Crippen molar-refractivity contribution in [1.82, 2.24) is 4.98 Å². The van der Waals surface area contributed by atoms with E-state index in [4.69, 9.17) is 11.6 Å². The van der Waals surface area contributed by atoms with Crippen molar-refractivity contribution in [1.29, 1.82) is 0 Å². The second-order valence-corrected chi connectivity index (χ2v) is 8.80. The van der Waals surface area contributed by atoms with E-state index < -0.39 is 16.0 Å². The largest absolute Gasteiger partial charge is 0.481 e. The number of aromatic nitrogens is 1. The van der Waals surface area contributed by atoms with E-state index >= 15 is 0 Å². The lowest BCUT2D eigenvalue weighted by Crippen LogP contribution is -2.13. The number of carbonyl (C=O) groups is 1. The molecule has 4 aromatic rings. The van der Waals surface area contributed by atoms with Crippen LogP contribution in [0.1, 0.15) is 5.56 Å². The molecule has 0 atom stereocenters. The number of para-hydroxylation sites is 1. The summed E-state index contributed by atoms with van der Waals surface area (Å²) in [6.07, 6.45) is -0.174. The summed E-state index contributed by atoms with van der Waals surface area (Å²) < 4.78 is 27.9. The minimum absolute atomic E-state index is 0.114. The third kappa shape index (κ3) is 3.90. The van der Waals surface area contributed by atoms with Gasteiger partial charge < -0.3 is 10.1 Å². The minimum atomic E-state index is -3.83. The molecule has 0 spiro atoms. The lowest BCUT2D eigenvalue weighted by Gasteiger charge is -2.12. The van der Waals surface area contributed by atoms with Crippen molar-refractivity contribution in [2.24, 2.45) is 0 Å². The Morgan fingerprint density at radius 1 is 1.00 bits per heavy atom. The second kappa shape index (κ2) is 7.85. The van der Waals surface area contributed by atoms with E-state index in [0.29, 0.717) is 16.8 Å². The third-order valence-electron chi connectivity index (χ3n) is 4.69. The summed E-state index contributed by atoms with van der Waals surface area (Å²) in [4.78, 5) is 14.8. The number of carboxylic acid groups (broad SMARTS) is 1. The Hall–Kier alpha value is -3.29. The number of hydrogen-bond acceptors (Lipinski definition) is 3. The Labute approximate surface area is 178 Å². The van der Waals surface area contributed by atoms with Gasteiger partial charge in [0.2, 0.25) is 0 Å². The molecule has 4 rings (SSSR count). The van der Waals surface area contributed by atoms with Gasteiger partial charge in [-0.1, -0.05) is 54.1 Å². The quantitative estimate of drug-likeness (QED) is 0.396. The Morgan fingerprint density at radius 2 is 1.70 bits per heavy atom. The average Bonchev–Trinajstić information content (AvgIpc) is 3.08. The molecule has 1 aromatic heterocycles. The van der Waals surface area contributed by atoms with Crippen molar-refractivity contribution in [2.45, 2.75) is 11.3 Å². The molecule has 3 N–H and O–H groups in total. The number of carboxylic acids is 1. The number of halogens is 1. The third-order valence-corrected chi connectivity index (χ3v) is 6.41. The minimum Gasteiger partial charge on any atom is -0.481 e. The predicted molar refractivity (Wildman–Crippen MR) is 117 cm³/mol. The number of aromatic amines is 1. The van der Waals surface area contributed by atoms with Crippen molar-refractivity contribution < 1.29 is 18.3 Å². The molecule has 30 heavy (non-hydrogen) atoms. The first kappa shape index (κ1) is 20.0. The van der Waals surface area contributed by atoms with Crippen LogP contribution >= 0.6 is 11.6 Å². The van der Waals surface area contributed by atoms with Crippen LogP contribution in [0.25, 0.3) is 22.2 Å². The van der Waals surface area contributed by atoms with Gasteiger partial charge in [0.25, 0.3) is 10.0 Å². The molecule has 3 aromatic carbocycles. The fourth-order valence-electron chi connectivity index (χ4n) is 3.34. The van der Waals surface area contributed by atoms with Gasteiger partial charge in [-0.15, -0.1) is 0 Å². The Kier molecular flexibility index (Phi) is 5.24. The van der Waals surface area contributed by atoms with E-state index in [0.717, 1.165) is 10.9 Å². The zero-order chi connectivity index (χ0) is 21.3. The highest BCUT2D eigenvalue weighted by Gasteiger charge is 2.19. The highest BCUT2D eigenvalue weighted by molar-refractivity contribution is 7.92. The fraction of sp³-hybridized carbons (Fsp3) is 0.0455. The number of fused-ring (bicyclic) bond motifs is 1. The summed E-state index contributed by atoms with van der Waals surface area (Å²) in [6.45, 7) is 0. The summed E-state index contributed by atoms with van der Waals surface area (Å²) >= 11 is 6.25. The van der Waals surface area contributed by atoms with Crippen LogP contribution in [0.3, 0.4) is 0 Å². The maximum absolute atomic E-state index is 12.7. The summed E-state index contributed by atoms with van der Waals surface area (Å²) in [5.74, 6) is -0.958. The Bertz CT molecular complexity index is 1350. The molecule has 6 nitrogen and oxygen atoms in total. The SMILES string of the molecule is O=C(O)Cc1c(-c2ccc(Cl)c(NS(=O)(=O)c3ccccc3)c2)[nH]c2ccccc12. The van der Waals surface area contributed by atoms with E-state index in [1.807, 2.05) is 24.3 Å². The van der Waals surface area contributed by atoms with Gasteiger partial charge in [0, 0.05) is 16.5 Å². The van der Waals surface area contributed by atoms with E-state index in [1.54, 1.807) is 36.4 Å². The number of anilines is 1. The number of nitrogens with one attached hydrogen (secondary N) is 2. The van der Waals surface area contributed by atoms with Crippen LogP contribution in [0, 0.1) is 0 Å². The average molecular weight is 441 g/mol. The molecule has 0 aliphatic heterocycles. The fourth-order valence-corrected chi connectivity index (χ4v) is 4.66. The molecule has 0 radical (unpaired) electrons. The summed E-state index contributed by atoms with van der Waals surface area (Å²) in [7, 11) is -3.83. The second-order valence-electron chi connectivity index (χ2n) is 6.71. The highest BCUT2D eigenvalue weighted by Crippen LogP contribution is 2.35. The van der Waals surface area contributed by atoms with Crippen molar-refractivity contribution >= 4 is 44.2 Å². The molecule has 0 bridgehead atoms. The predicted octanol–water partition coefficient (Wildman–Crippen LogP) is 4.92. The van der Waals surface area contributed by atoms with Gasteiger partial charge in [-0.05, 0) is 35.9 Å². The number of aliphatic carboxylic acids is 1. The number of sulfonamides is 1. The normalized spacial score (nSPS) is 11.5. The summed E-state index contributed by atoms with van der Waals surface area (Å²) in [5.41, 5.74) is 2.85. The number of hydrogen-bond donors (Lipinski definition) is 3. The first-order valence-electron chi connectivity index (χ1n) is 9.04. The molecular weight excluding hydrogens is 424 g/mol. The van der Waals surface area contributed by atoms with Gasteiger partial charge in [0.1, 0.15) is 0 Å². The Morgan fingerprint density at radius 3 is 2.43 bits per heavy atom. The van der Waals surface area contributed by atoms with Crippen LogP contribution in [0.5, 0.6) is 0 Å². The zero-order valence-electron chi connectivity index (χ0n) is 15.6. The van der Waals surface area contributed by atoms with E-state index in [2.05, 4.69) is 9.71 Å².